The average Bonchev–Trinajstić information content (AvgIpc) is 3.18. The number of hydrogen-bond acceptors (Lipinski definition) is 6. The summed E-state index contributed by atoms with van der Waals surface area (Å²) in [5, 5.41) is 10.7. The Balaban J connectivity index is 0. The minimum atomic E-state index is -0.0752. The molecule has 0 heterocycles. The number of rotatable bonds is 20. The zero-order valence-electron chi connectivity index (χ0n) is 37.6. The van der Waals surface area contributed by atoms with Crippen molar-refractivity contribution in [3.05, 3.63) is 130 Å². The third-order valence-corrected chi connectivity index (χ3v) is 8.30. The summed E-state index contributed by atoms with van der Waals surface area (Å²) < 4.78 is 5.88. The van der Waals surface area contributed by atoms with Crippen molar-refractivity contribution >= 4 is 17.3 Å². The predicted octanol–water partition coefficient (Wildman–Crippen LogP) is 9.76. The summed E-state index contributed by atoms with van der Waals surface area (Å²) in [6.07, 6.45) is 14.3. The van der Waals surface area contributed by atoms with Crippen molar-refractivity contribution in [1.29, 1.82) is 0 Å². The normalized spacial score (nSPS) is 10.2. The van der Waals surface area contributed by atoms with E-state index in [2.05, 4.69) is 25.7 Å². The smallest absolute Gasteiger partial charge is 0.872 e. The maximum absolute atomic E-state index is 12.3. The Kier molecular flexibility index (Phi) is 34.8. The van der Waals surface area contributed by atoms with Crippen molar-refractivity contribution in [1.82, 2.24) is 4.90 Å². The number of hydrogen-bond donors (Lipinski definition) is 0. The largest absolute Gasteiger partial charge is 1.00 e. The molecule has 0 amide bonds. The molecule has 3 rings (SSSR count). The number of unbranched alkanes of at least 4 members (excludes halogenated alkanes) is 3. The molecule has 7 heteroatoms. The molecule has 0 aliphatic carbocycles. The molecule has 0 radical (unpaired) electrons. The molecule has 0 fully saturated rings. The zero-order valence-corrected chi connectivity index (χ0v) is 42.6. The Bertz CT molecular complexity index is 1530. The first-order chi connectivity index (χ1) is 26.8. The van der Waals surface area contributed by atoms with Crippen LogP contribution in [0.3, 0.4) is 0 Å². The van der Waals surface area contributed by atoms with Gasteiger partial charge in [0.25, 0.3) is 0 Å². The van der Waals surface area contributed by atoms with E-state index in [9.17, 15) is 19.5 Å². The second kappa shape index (κ2) is 35.2. The van der Waals surface area contributed by atoms with Crippen LogP contribution in [0.4, 0.5) is 0 Å². The van der Waals surface area contributed by atoms with Gasteiger partial charge in [-0.05, 0) is 129 Å². The molecule has 308 valence electrons. The summed E-state index contributed by atoms with van der Waals surface area (Å²) in [5.74, 6) is 0.883. The number of ether oxygens (including phenoxy) is 1. The third-order valence-electron chi connectivity index (χ3n) is 8.30. The van der Waals surface area contributed by atoms with E-state index in [-0.39, 0.29) is 81.3 Å². The standard InChI is InChI=1S/C25H41NO2.C12H14O.C11H12O2.C2H6.Rb/c1-5-8-12-22(4)21-25(27)23-13-15-24(16-14-23)28-20-11-19-26(17-9-6-2)18-10-7-3;1-9(2)8-12(13)11-6-4-10(3)5-7-11;1-8(2)7-11(13)9-3-5-10(12)6-4-9;1-2;/h13-16,21H,5-12,17-20H2,1-4H3;4-8H,1-3H3;3-7,12H,1-2H3;1-2H3;/q;;;;+1/p-1. The van der Waals surface area contributed by atoms with Crippen molar-refractivity contribution in [3.63, 3.8) is 0 Å². The Morgan fingerprint density at radius 3 is 1.39 bits per heavy atom. The van der Waals surface area contributed by atoms with Crippen LogP contribution < -0.4 is 68.0 Å². The van der Waals surface area contributed by atoms with Crippen LogP contribution in [0.15, 0.2) is 108 Å². The van der Waals surface area contributed by atoms with E-state index >= 15 is 0 Å². The predicted molar refractivity (Wildman–Crippen MR) is 236 cm³/mol. The van der Waals surface area contributed by atoms with Gasteiger partial charge in [-0.15, -0.1) is 5.75 Å². The molecule has 6 nitrogen and oxygen atoms in total. The average molecular weight is 853 g/mol. The summed E-state index contributed by atoms with van der Waals surface area (Å²) in [4.78, 5) is 37.8. The first kappa shape index (κ1) is 56.4. The van der Waals surface area contributed by atoms with Crippen LogP contribution in [0.5, 0.6) is 11.5 Å². The monoisotopic (exact) mass is 851 g/mol. The van der Waals surface area contributed by atoms with Crippen molar-refractivity contribution in [2.75, 3.05) is 26.2 Å². The summed E-state index contributed by atoms with van der Waals surface area (Å²) in [7, 11) is 0. The zero-order chi connectivity index (χ0) is 42.3. The van der Waals surface area contributed by atoms with Crippen LogP contribution in [0.2, 0.25) is 0 Å². The van der Waals surface area contributed by atoms with E-state index in [1.165, 1.54) is 56.5 Å². The second-order valence-corrected chi connectivity index (χ2v) is 14.3. The van der Waals surface area contributed by atoms with Crippen molar-refractivity contribution in [2.24, 2.45) is 0 Å². The number of aryl methyl sites for hydroxylation is 1. The molecule has 0 spiro atoms. The molecule has 0 aliphatic heterocycles. The molecular formula is C50H72NO5Rb. The summed E-state index contributed by atoms with van der Waals surface area (Å²) in [6.45, 7) is 26.5. The van der Waals surface area contributed by atoms with Gasteiger partial charge in [-0.3, -0.25) is 14.4 Å². The van der Waals surface area contributed by atoms with Crippen LogP contribution in [0, 0.1) is 6.92 Å². The van der Waals surface area contributed by atoms with Gasteiger partial charge in [0.1, 0.15) is 5.75 Å². The molecule has 0 N–H and O–H groups in total. The number of carbonyl (C=O) groups is 3. The fourth-order valence-corrected chi connectivity index (χ4v) is 5.16. The molecule has 0 saturated heterocycles. The molecule has 0 aliphatic rings. The quantitative estimate of drug-likeness (QED) is 0.0640. The maximum atomic E-state index is 12.3. The molecule has 3 aromatic rings. The Morgan fingerprint density at radius 2 is 0.965 bits per heavy atom. The first-order valence-electron chi connectivity index (χ1n) is 20.7. The van der Waals surface area contributed by atoms with Crippen LogP contribution in [-0.2, 0) is 0 Å². The van der Waals surface area contributed by atoms with Gasteiger partial charge in [0.05, 0.1) is 6.61 Å². The Labute approximate surface area is 396 Å². The van der Waals surface area contributed by atoms with Gasteiger partial charge in [0, 0.05) is 23.2 Å². The van der Waals surface area contributed by atoms with Gasteiger partial charge in [0.2, 0.25) is 0 Å². The van der Waals surface area contributed by atoms with E-state index in [1.807, 2.05) is 104 Å². The third kappa shape index (κ3) is 28.3. The number of allylic oxidation sites excluding steroid dienone is 6. The molecule has 0 saturated carbocycles. The number of carbonyl (C=O) groups excluding carboxylic acids is 3. The van der Waals surface area contributed by atoms with Crippen molar-refractivity contribution in [2.45, 2.75) is 128 Å². The van der Waals surface area contributed by atoms with Crippen LogP contribution in [-0.4, -0.2) is 48.5 Å². The summed E-state index contributed by atoms with van der Waals surface area (Å²) in [5.41, 5.74) is 6.36. The summed E-state index contributed by atoms with van der Waals surface area (Å²) in [6, 6.07) is 21.1. The Hall–Kier alpha value is -2.74. The van der Waals surface area contributed by atoms with Crippen LogP contribution in [0.25, 0.3) is 0 Å². The van der Waals surface area contributed by atoms with E-state index in [4.69, 9.17) is 4.74 Å². The van der Waals surface area contributed by atoms with E-state index in [0.717, 1.165) is 72.4 Å². The van der Waals surface area contributed by atoms with E-state index in [1.54, 1.807) is 30.4 Å². The van der Waals surface area contributed by atoms with E-state index < -0.39 is 0 Å². The van der Waals surface area contributed by atoms with Gasteiger partial charge in [0.15, 0.2) is 17.3 Å². The van der Waals surface area contributed by atoms with Gasteiger partial charge in [-0.2, -0.15) is 0 Å². The van der Waals surface area contributed by atoms with Gasteiger partial charge < -0.3 is 14.7 Å². The first-order valence-corrected chi connectivity index (χ1v) is 20.7. The molecule has 0 atom stereocenters. The number of ketones is 3. The molecule has 3 aromatic carbocycles. The topological polar surface area (TPSA) is 86.7 Å². The molecule has 0 aromatic heterocycles. The minimum Gasteiger partial charge on any atom is -0.872 e. The number of nitrogens with zero attached hydrogens (tertiary/aromatic N) is 1. The Morgan fingerprint density at radius 1 is 0.579 bits per heavy atom. The van der Waals surface area contributed by atoms with Gasteiger partial charge in [-0.25, -0.2) is 0 Å². The van der Waals surface area contributed by atoms with Gasteiger partial charge in [-0.1, -0.05) is 125 Å². The van der Waals surface area contributed by atoms with Gasteiger partial charge >= 0.3 is 58.2 Å². The van der Waals surface area contributed by atoms with Crippen LogP contribution >= 0.6 is 0 Å². The molecule has 57 heavy (non-hydrogen) atoms. The summed E-state index contributed by atoms with van der Waals surface area (Å²) >= 11 is 0. The maximum Gasteiger partial charge on any atom is 1.00 e. The van der Waals surface area contributed by atoms with Crippen LogP contribution in [0.1, 0.15) is 157 Å². The molecule has 0 bridgehead atoms. The van der Waals surface area contributed by atoms with E-state index in [0.29, 0.717) is 5.56 Å². The van der Waals surface area contributed by atoms with Crippen molar-refractivity contribution < 1.29 is 82.4 Å². The number of benzene rings is 3. The fraction of sp³-hybridized carbons (Fsp3) is 0.460. The SMILES string of the molecule is CC.CC(C)=CC(=O)c1ccc(C)cc1.CC(C)=CC(=O)c1ccc([O-])cc1.CCCCC(C)=CC(=O)c1ccc(OCCCN(CCCC)CCCC)cc1.[Rb+]. The van der Waals surface area contributed by atoms with Crippen molar-refractivity contribution in [3.8, 4) is 11.5 Å². The second-order valence-electron chi connectivity index (χ2n) is 14.3. The molecular weight excluding hydrogens is 780 g/mol. The molecule has 0 unspecified atom stereocenters. The fourth-order valence-electron chi connectivity index (χ4n) is 5.16. The minimum absolute atomic E-state index is 0.